The fourth-order valence-corrected chi connectivity index (χ4v) is 7.07. The number of imidazole rings is 1. The normalized spacial score (nSPS) is 17.9. The molecule has 2 aromatic heterocycles. The number of rotatable bonds is 12. The van der Waals surface area contributed by atoms with E-state index in [1.165, 1.54) is 6.33 Å². The standard InChI is InChI=1S/C40H33Cl2IN6O6/c1-2-44-36(50)32-31(54-38(51)25-9-5-3-6-10-25)33(55-39(52)26-11-7-4-8-12-26)37(53-32)49-22-46-30-34(47-40(43)48-35(30)49)45-21-29(23-13-17-27(41)18-14-23)24-15-19-28(42)20-16-24/h3-20,22,29,31-33,37H,2,21H2,1H3,(H,44,50)(H,45,47,48)/t31-,32+,33-,37-/m1/s1. The number of hydrogen-bond donors (Lipinski definition) is 2. The van der Waals surface area contributed by atoms with Crippen LogP contribution in [0.25, 0.3) is 11.2 Å². The molecular formula is C40H33Cl2IN6O6. The monoisotopic (exact) mass is 890 g/mol. The van der Waals surface area contributed by atoms with Gasteiger partial charge in [0.25, 0.3) is 5.91 Å². The second-order valence-corrected chi connectivity index (χ2v) is 14.4. The first-order valence-electron chi connectivity index (χ1n) is 17.3. The number of nitrogens with one attached hydrogen (secondary N) is 2. The van der Waals surface area contributed by atoms with Crippen LogP contribution in [0.2, 0.25) is 10.0 Å². The lowest BCUT2D eigenvalue weighted by Crippen LogP contribution is -2.46. The average Bonchev–Trinajstić information content (AvgIpc) is 3.77. The predicted octanol–water partition coefficient (Wildman–Crippen LogP) is 7.47. The third kappa shape index (κ3) is 8.59. The summed E-state index contributed by atoms with van der Waals surface area (Å²) in [6.45, 7) is 2.44. The van der Waals surface area contributed by atoms with Gasteiger partial charge in [-0.25, -0.2) is 24.5 Å². The molecule has 2 N–H and O–H groups in total. The first-order chi connectivity index (χ1) is 26.7. The van der Waals surface area contributed by atoms with Crippen LogP contribution in [0.1, 0.15) is 50.9 Å². The summed E-state index contributed by atoms with van der Waals surface area (Å²) in [5, 5.41) is 7.45. The molecule has 15 heteroatoms. The zero-order valence-corrected chi connectivity index (χ0v) is 32.8. The molecule has 0 radical (unpaired) electrons. The van der Waals surface area contributed by atoms with Gasteiger partial charge in [-0.3, -0.25) is 9.36 Å². The third-order valence-electron chi connectivity index (χ3n) is 8.99. The topological polar surface area (TPSA) is 147 Å². The van der Waals surface area contributed by atoms with Gasteiger partial charge in [0.2, 0.25) is 0 Å². The Morgan fingerprint density at radius 3 is 1.89 bits per heavy atom. The summed E-state index contributed by atoms with van der Waals surface area (Å²) in [7, 11) is 0. The van der Waals surface area contributed by atoms with Gasteiger partial charge < -0.3 is 24.8 Å². The number of fused-ring (bicyclic) bond motifs is 1. The molecule has 3 heterocycles. The molecule has 12 nitrogen and oxygen atoms in total. The molecule has 7 rings (SSSR count). The molecule has 4 atom stereocenters. The predicted molar refractivity (Wildman–Crippen MR) is 215 cm³/mol. The van der Waals surface area contributed by atoms with Crippen molar-refractivity contribution in [3.63, 3.8) is 0 Å². The van der Waals surface area contributed by atoms with E-state index in [0.717, 1.165) is 11.1 Å². The first kappa shape index (κ1) is 38.2. The summed E-state index contributed by atoms with van der Waals surface area (Å²) >= 11 is 14.5. The van der Waals surface area contributed by atoms with Crippen LogP contribution in [-0.2, 0) is 19.0 Å². The lowest BCUT2D eigenvalue weighted by Gasteiger charge is -2.24. The minimum atomic E-state index is -1.36. The number of hydrogen-bond acceptors (Lipinski definition) is 10. The molecule has 1 fully saturated rings. The number of anilines is 1. The second-order valence-electron chi connectivity index (χ2n) is 12.5. The van der Waals surface area contributed by atoms with Gasteiger partial charge in [-0.05, 0) is 66.6 Å². The molecule has 1 saturated heterocycles. The highest BCUT2D eigenvalue weighted by Crippen LogP contribution is 2.38. The van der Waals surface area contributed by atoms with Crippen LogP contribution >= 0.6 is 45.8 Å². The van der Waals surface area contributed by atoms with Gasteiger partial charge >= 0.3 is 11.9 Å². The second kappa shape index (κ2) is 17.1. The van der Waals surface area contributed by atoms with E-state index in [9.17, 15) is 14.4 Å². The van der Waals surface area contributed by atoms with Gasteiger partial charge in [-0.15, -0.1) is 0 Å². The van der Waals surface area contributed by atoms with Crippen molar-refractivity contribution in [2.45, 2.75) is 37.4 Å². The van der Waals surface area contributed by atoms with Gasteiger partial charge in [-0.2, -0.15) is 0 Å². The fraction of sp³-hybridized carbons (Fsp3) is 0.200. The SMILES string of the molecule is CCNC(=O)[C@H]1O[C@@H](n2cnc3c(NCC(c4ccc(Cl)cc4)c4ccc(Cl)cc4)nc(I)nc32)[C@H](OC(=O)c2ccccc2)[C@@H]1OC(=O)c1ccccc1. The van der Waals surface area contributed by atoms with E-state index in [1.807, 2.05) is 71.1 Å². The molecule has 0 unspecified atom stereocenters. The van der Waals surface area contributed by atoms with E-state index in [0.29, 0.717) is 37.4 Å². The molecule has 1 aliphatic heterocycles. The maximum absolute atomic E-state index is 13.6. The Morgan fingerprint density at radius 2 is 1.35 bits per heavy atom. The molecule has 6 aromatic rings. The van der Waals surface area contributed by atoms with Crippen molar-refractivity contribution in [3.05, 3.63) is 152 Å². The summed E-state index contributed by atoms with van der Waals surface area (Å²) < 4.78 is 20.4. The number of aromatic nitrogens is 4. The number of halogens is 3. The van der Waals surface area contributed by atoms with E-state index >= 15 is 0 Å². The molecule has 0 aliphatic carbocycles. The smallest absolute Gasteiger partial charge is 0.338 e. The Morgan fingerprint density at radius 1 is 0.800 bits per heavy atom. The molecule has 0 bridgehead atoms. The Hall–Kier alpha value is -5.09. The summed E-state index contributed by atoms with van der Waals surface area (Å²) in [5.74, 6) is -1.67. The minimum absolute atomic E-state index is 0.128. The molecule has 4 aromatic carbocycles. The molecule has 1 aliphatic rings. The molecule has 55 heavy (non-hydrogen) atoms. The number of carbonyl (C=O) groups excluding carboxylic acids is 3. The molecule has 280 valence electrons. The Bertz CT molecular complexity index is 2250. The summed E-state index contributed by atoms with van der Waals surface area (Å²) in [5.41, 5.74) is 3.24. The summed E-state index contributed by atoms with van der Waals surface area (Å²) in [6, 6.07) is 31.9. The molecule has 1 amide bonds. The van der Waals surface area contributed by atoms with Crippen molar-refractivity contribution >= 4 is 80.6 Å². The average molecular weight is 892 g/mol. The van der Waals surface area contributed by atoms with Crippen molar-refractivity contribution in [1.29, 1.82) is 0 Å². The van der Waals surface area contributed by atoms with Crippen LogP contribution in [0.15, 0.2) is 116 Å². The number of amides is 1. The number of carbonyl (C=O) groups is 3. The highest BCUT2D eigenvalue weighted by Gasteiger charge is 2.54. The molecule has 0 saturated carbocycles. The lowest BCUT2D eigenvalue weighted by molar-refractivity contribution is -0.137. The lowest BCUT2D eigenvalue weighted by atomic mass is 9.91. The largest absolute Gasteiger partial charge is 0.451 e. The van der Waals surface area contributed by atoms with Crippen LogP contribution in [0.3, 0.4) is 0 Å². The number of benzene rings is 4. The van der Waals surface area contributed by atoms with E-state index in [2.05, 4.69) is 20.6 Å². The van der Waals surface area contributed by atoms with Crippen LogP contribution < -0.4 is 10.6 Å². The van der Waals surface area contributed by atoms with Gasteiger partial charge in [0.05, 0.1) is 17.5 Å². The molecule has 0 spiro atoms. The number of ether oxygens (including phenoxy) is 3. The quantitative estimate of drug-likeness (QED) is 0.0721. The Balaban J connectivity index is 1.26. The van der Waals surface area contributed by atoms with Gasteiger partial charge in [-0.1, -0.05) is 83.9 Å². The minimum Gasteiger partial charge on any atom is -0.451 e. The molecular weight excluding hydrogens is 858 g/mol. The first-order valence-corrected chi connectivity index (χ1v) is 19.1. The zero-order chi connectivity index (χ0) is 38.5. The van der Waals surface area contributed by atoms with Crippen molar-refractivity contribution in [2.24, 2.45) is 0 Å². The van der Waals surface area contributed by atoms with Gasteiger partial charge in [0.1, 0.15) is 0 Å². The Labute approximate surface area is 339 Å². The van der Waals surface area contributed by atoms with Crippen LogP contribution in [0.4, 0.5) is 5.82 Å². The van der Waals surface area contributed by atoms with Gasteiger partial charge in [0, 0.05) is 51.6 Å². The summed E-state index contributed by atoms with van der Waals surface area (Å²) in [6.07, 6.45) is -3.75. The number of likely N-dealkylation sites (N-methyl/N-ethyl adjacent to an activating group) is 1. The number of nitrogens with zero attached hydrogens (tertiary/aromatic N) is 4. The fourth-order valence-electron chi connectivity index (χ4n) is 6.35. The maximum Gasteiger partial charge on any atom is 0.338 e. The van der Waals surface area contributed by atoms with Crippen LogP contribution in [0, 0.1) is 3.83 Å². The number of esters is 2. The highest BCUT2D eigenvalue weighted by molar-refractivity contribution is 14.1. The van der Waals surface area contributed by atoms with Crippen LogP contribution in [-0.4, -0.2) is 68.8 Å². The Kier molecular flexibility index (Phi) is 11.9. The van der Waals surface area contributed by atoms with Crippen molar-refractivity contribution < 1.29 is 28.6 Å². The van der Waals surface area contributed by atoms with E-state index in [1.54, 1.807) is 72.2 Å². The van der Waals surface area contributed by atoms with E-state index in [4.69, 9.17) is 42.4 Å². The van der Waals surface area contributed by atoms with Crippen molar-refractivity contribution in [2.75, 3.05) is 18.4 Å². The highest BCUT2D eigenvalue weighted by atomic mass is 127. The van der Waals surface area contributed by atoms with Gasteiger partial charge in [0.15, 0.2) is 45.4 Å². The maximum atomic E-state index is 13.6. The van der Waals surface area contributed by atoms with Crippen molar-refractivity contribution in [3.8, 4) is 0 Å². The van der Waals surface area contributed by atoms with E-state index < -0.39 is 42.4 Å². The van der Waals surface area contributed by atoms with Crippen LogP contribution in [0.5, 0.6) is 0 Å². The third-order valence-corrected chi connectivity index (χ3v) is 9.98. The van der Waals surface area contributed by atoms with Crippen molar-refractivity contribution in [1.82, 2.24) is 24.8 Å². The zero-order valence-electron chi connectivity index (χ0n) is 29.1. The van der Waals surface area contributed by atoms with E-state index in [-0.39, 0.29) is 23.6 Å². The summed E-state index contributed by atoms with van der Waals surface area (Å²) in [4.78, 5) is 54.7.